The lowest BCUT2D eigenvalue weighted by atomic mass is 10.1. The van der Waals surface area contributed by atoms with Gasteiger partial charge in [-0.1, -0.05) is 0 Å². The van der Waals surface area contributed by atoms with Crippen molar-refractivity contribution in [1.29, 1.82) is 0 Å². The summed E-state index contributed by atoms with van der Waals surface area (Å²) in [6.45, 7) is 3.60. The Morgan fingerprint density at radius 3 is 2.62 bits per heavy atom. The number of carbonyl (C=O) groups is 2. The molecule has 66 valence electrons. The molecule has 0 saturated heterocycles. The molecule has 0 saturated carbocycles. The fourth-order valence-corrected chi connectivity index (χ4v) is 1.40. The van der Waals surface area contributed by atoms with Crippen molar-refractivity contribution >= 4 is 11.8 Å². The van der Waals surface area contributed by atoms with E-state index >= 15 is 0 Å². The van der Waals surface area contributed by atoms with E-state index in [4.69, 9.17) is 0 Å². The maximum absolute atomic E-state index is 11.3. The van der Waals surface area contributed by atoms with Crippen LogP contribution in [0.25, 0.3) is 0 Å². The largest absolute Gasteiger partial charge is 0.288 e. The summed E-state index contributed by atoms with van der Waals surface area (Å²) in [5.74, 6) is -0.668. The fourth-order valence-electron chi connectivity index (χ4n) is 1.40. The summed E-state index contributed by atoms with van der Waals surface area (Å²) >= 11 is 0. The van der Waals surface area contributed by atoms with Crippen molar-refractivity contribution < 1.29 is 9.59 Å². The van der Waals surface area contributed by atoms with Gasteiger partial charge in [-0.05, 0) is 19.4 Å². The Kier molecular flexibility index (Phi) is 1.45. The number of carbonyl (C=O) groups excluding carboxylic acids is 2. The molecule has 0 fully saturated rings. The lowest BCUT2D eigenvalue weighted by Gasteiger charge is -2.01. The van der Waals surface area contributed by atoms with Crippen molar-refractivity contribution in [2.45, 2.75) is 13.8 Å². The van der Waals surface area contributed by atoms with Crippen LogP contribution in [0.5, 0.6) is 0 Å². The zero-order chi connectivity index (χ0) is 9.59. The summed E-state index contributed by atoms with van der Waals surface area (Å²) < 4.78 is 0. The van der Waals surface area contributed by atoms with Gasteiger partial charge < -0.3 is 0 Å². The fraction of sp³-hybridized carbons (Fsp3) is 0.222. The Labute approximate surface area is 75.0 Å². The normalized spacial score (nSPS) is 14.3. The SMILES string of the molecule is Cc1ncc2c(c1C)C(=O)NC2=O. The molecule has 1 aliphatic heterocycles. The molecule has 0 bridgehead atoms. The van der Waals surface area contributed by atoms with Crippen molar-refractivity contribution in [3.63, 3.8) is 0 Å². The van der Waals surface area contributed by atoms with Crippen LogP contribution in [0.2, 0.25) is 0 Å². The van der Waals surface area contributed by atoms with Crippen molar-refractivity contribution in [2.24, 2.45) is 0 Å². The number of pyridine rings is 1. The molecule has 2 heterocycles. The van der Waals surface area contributed by atoms with Crippen LogP contribution in [-0.4, -0.2) is 16.8 Å². The van der Waals surface area contributed by atoms with Gasteiger partial charge in [0.25, 0.3) is 11.8 Å². The summed E-state index contributed by atoms with van der Waals surface area (Å²) in [6.07, 6.45) is 1.44. The molecule has 2 amide bonds. The van der Waals surface area contributed by atoms with Gasteiger partial charge in [0, 0.05) is 11.9 Å². The van der Waals surface area contributed by atoms with E-state index in [0.29, 0.717) is 11.1 Å². The standard InChI is InChI=1S/C9H8N2O2/c1-4-5(2)10-3-6-7(4)9(13)11-8(6)12/h3H,1-2H3,(H,11,12,13). The second-order valence-corrected chi connectivity index (χ2v) is 3.04. The zero-order valence-corrected chi connectivity index (χ0v) is 7.34. The van der Waals surface area contributed by atoms with Crippen LogP contribution in [0.3, 0.4) is 0 Å². The van der Waals surface area contributed by atoms with Gasteiger partial charge in [0.05, 0.1) is 11.1 Å². The summed E-state index contributed by atoms with van der Waals surface area (Å²) in [7, 11) is 0. The summed E-state index contributed by atoms with van der Waals surface area (Å²) in [5, 5.41) is 2.23. The highest BCUT2D eigenvalue weighted by Gasteiger charge is 2.29. The van der Waals surface area contributed by atoms with Gasteiger partial charge in [-0.25, -0.2) is 0 Å². The highest BCUT2D eigenvalue weighted by atomic mass is 16.2. The van der Waals surface area contributed by atoms with Gasteiger partial charge in [0.15, 0.2) is 0 Å². The van der Waals surface area contributed by atoms with E-state index in [1.54, 1.807) is 6.92 Å². The van der Waals surface area contributed by atoms with Gasteiger partial charge >= 0.3 is 0 Å². The smallest absolute Gasteiger partial charge is 0.260 e. The molecule has 0 atom stereocenters. The summed E-state index contributed by atoms with van der Waals surface area (Å²) in [6, 6.07) is 0. The topological polar surface area (TPSA) is 59.1 Å². The van der Waals surface area contributed by atoms with E-state index in [1.165, 1.54) is 6.20 Å². The average Bonchev–Trinajstić information content (AvgIpc) is 2.35. The van der Waals surface area contributed by atoms with Crippen LogP contribution in [-0.2, 0) is 0 Å². The molecule has 1 aliphatic rings. The molecule has 0 unspecified atom stereocenters. The van der Waals surface area contributed by atoms with Crippen LogP contribution in [0.15, 0.2) is 6.20 Å². The van der Waals surface area contributed by atoms with E-state index < -0.39 is 0 Å². The highest BCUT2D eigenvalue weighted by molar-refractivity contribution is 6.22. The second kappa shape index (κ2) is 2.39. The van der Waals surface area contributed by atoms with E-state index in [0.717, 1.165) is 11.3 Å². The maximum atomic E-state index is 11.3. The highest BCUT2D eigenvalue weighted by Crippen LogP contribution is 2.19. The lowest BCUT2D eigenvalue weighted by Crippen LogP contribution is -2.20. The Morgan fingerprint density at radius 1 is 1.23 bits per heavy atom. The van der Waals surface area contributed by atoms with Gasteiger partial charge in [0.2, 0.25) is 0 Å². The van der Waals surface area contributed by atoms with Crippen LogP contribution in [0.4, 0.5) is 0 Å². The number of aromatic nitrogens is 1. The monoisotopic (exact) mass is 176 g/mol. The molecule has 0 aliphatic carbocycles. The minimum Gasteiger partial charge on any atom is -0.288 e. The minimum atomic E-state index is -0.351. The van der Waals surface area contributed by atoms with E-state index in [1.807, 2.05) is 6.92 Å². The number of fused-ring (bicyclic) bond motifs is 1. The predicted octanol–water partition coefficient (Wildman–Crippen LogP) is 0.582. The van der Waals surface area contributed by atoms with Gasteiger partial charge in [0.1, 0.15) is 0 Å². The molecule has 1 aromatic heterocycles. The van der Waals surface area contributed by atoms with Crippen LogP contribution < -0.4 is 5.32 Å². The first-order valence-electron chi connectivity index (χ1n) is 3.93. The molecule has 1 N–H and O–H groups in total. The Balaban J connectivity index is 2.78. The minimum absolute atomic E-state index is 0.317. The first kappa shape index (κ1) is 7.91. The molecular formula is C9H8N2O2. The van der Waals surface area contributed by atoms with Crippen molar-refractivity contribution in [2.75, 3.05) is 0 Å². The molecule has 0 aromatic carbocycles. The molecule has 13 heavy (non-hydrogen) atoms. The molecular weight excluding hydrogens is 168 g/mol. The summed E-state index contributed by atoms with van der Waals surface area (Å²) in [4.78, 5) is 26.5. The molecule has 0 spiro atoms. The predicted molar refractivity (Wildman–Crippen MR) is 45.5 cm³/mol. The number of aryl methyl sites for hydroxylation is 1. The van der Waals surface area contributed by atoms with E-state index in [-0.39, 0.29) is 11.8 Å². The molecule has 2 rings (SSSR count). The first-order valence-corrected chi connectivity index (χ1v) is 3.93. The second-order valence-electron chi connectivity index (χ2n) is 3.04. The quantitative estimate of drug-likeness (QED) is 0.588. The third-order valence-electron chi connectivity index (χ3n) is 2.27. The lowest BCUT2D eigenvalue weighted by molar-refractivity contribution is 0.0879. The Bertz CT molecular complexity index is 424. The van der Waals surface area contributed by atoms with E-state index in [2.05, 4.69) is 10.3 Å². The third kappa shape index (κ3) is 0.950. The number of rotatable bonds is 0. The average molecular weight is 176 g/mol. The molecule has 1 aromatic rings. The van der Waals surface area contributed by atoms with Gasteiger partial charge in [-0.15, -0.1) is 0 Å². The van der Waals surface area contributed by atoms with Gasteiger partial charge in [-0.2, -0.15) is 0 Å². The third-order valence-corrected chi connectivity index (χ3v) is 2.27. The Morgan fingerprint density at radius 2 is 1.92 bits per heavy atom. The zero-order valence-electron chi connectivity index (χ0n) is 7.34. The number of amides is 2. The van der Waals surface area contributed by atoms with Crippen LogP contribution in [0, 0.1) is 13.8 Å². The van der Waals surface area contributed by atoms with E-state index in [9.17, 15) is 9.59 Å². The van der Waals surface area contributed by atoms with Gasteiger partial charge in [-0.3, -0.25) is 19.9 Å². The number of imide groups is 1. The van der Waals surface area contributed by atoms with Crippen LogP contribution in [0.1, 0.15) is 32.0 Å². The number of hydrogen-bond acceptors (Lipinski definition) is 3. The first-order chi connectivity index (χ1) is 6.11. The van der Waals surface area contributed by atoms with Crippen molar-refractivity contribution in [1.82, 2.24) is 10.3 Å². The molecule has 4 heteroatoms. The molecule has 4 nitrogen and oxygen atoms in total. The Hall–Kier alpha value is -1.71. The van der Waals surface area contributed by atoms with Crippen molar-refractivity contribution in [3.05, 3.63) is 28.6 Å². The number of nitrogens with one attached hydrogen (secondary N) is 1. The number of hydrogen-bond donors (Lipinski definition) is 1. The molecule has 0 radical (unpaired) electrons. The van der Waals surface area contributed by atoms with Crippen molar-refractivity contribution in [3.8, 4) is 0 Å². The summed E-state index contributed by atoms with van der Waals surface area (Å²) in [5.41, 5.74) is 2.41. The van der Waals surface area contributed by atoms with Crippen LogP contribution >= 0.6 is 0 Å². The number of nitrogens with zero attached hydrogens (tertiary/aromatic N) is 1. The maximum Gasteiger partial charge on any atom is 0.260 e.